The molecule has 3 N–H and O–H groups in total. The fraction of sp³-hybridized carbons (Fsp3) is 0.385. The molecule has 2 saturated carbocycles. The minimum atomic E-state index is -1.08. The Hall–Kier alpha value is -3.63. The van der Waals surface area contributed by atoms with Gasteiger partial charge in [-0.3, -0.25) is 9.59 Å². The maximum Gasteiger partial charge on any atom is 0.267 e. The monoisotopic (exact) mass is 495 g/mol. The zero-order chi connectivity index (χ0) is 25.4. The largest absolute Gasteiger partial charge is 0.481 e. The van der Waals surface area contributed by atoms with Crippen LogP contribution in [0.1, 0.15) is 65.3 Å². The Balaban J connectivity index is 1.23. The predicted octanol–water partition coefficient (Wildman–Crippen LogP) is 3.22. The normalized spacial score (nSPS) is 22.3. The number of rotatable bonds is 8. The van der Waals surface area contributed by atoms with Crippen molar-refractivity contribution in [2.75, 3.05) is 0 Å². The second-order valence-corrected chi connectivity index (χ2v) is 9.29. The predicted molar refractivity (Wildman–Crippen MR) is 125 cm³/mol. The lowest BCUT2D eigenvalue weighted by Gasteiger charge is -2.18. The summed E-state index contributed by atoms with van der Waals surface area (Å²) in [4.78, 5) is 28.9. The molecule has 10 heteroatoms. The Morgan fingerprint density at radius 1 is 1.11 bits per heavy atom. The molecule has 5 rings (SSSR count). The average molecular weight is 496 g/mol. The summed E-state index contributed by atoms with van der Waals surface area (Å²) in [5.74, 6) is -0.315. The number of halogens is 1. The summed E-state index contributed by atoms with van der Waals surface area (Å²) in [6.07, 6.45) is 0.0772. The molecule has 4 atom stereocenters. The zero-order valence-corrected chi connectivity index (χ0v) is 19.6. The summed E-state index contributed by atoms with van der Waals surface area (Å²) >= 11 is 0. The number of Topliss-reactive ketones (excluding diaryl/α,β-unsaturated/α-hetero) is 1. The summed E-state index contributed by atoms with van der Waals surface area (Å²) in [6, 6.07) is 10.2. The Bertz CT molecular complexity index is 1270. The van der Waals surface area contributed by atoms with Gasteiger partial charge in [0, 0.05) is 17.0 Å². The molecule has 0 spiro atoms. The van der Waals surface area contributed by atoms with Gasteiger partial charge in [0.1, 0.15) is 17.7 Å². The smallest absolute Gasteiger partial charge is 0.267 e. The van der Waals surface area contributed by atoms with E-state index in [1.165, 1.54) is 12.1 Å². The number of benzene rings is 2. The highest BCUT2D eigenvalue weighted by Crippen LogP contribution is 2.33. The second kappa shape index (κ2) is 9.79. The fourth-order valence-corrected chi connectivity index (χ4v) is 4.25. The van der Waals surface area contributed by atoms with Crippen LogP contribution in [0, 0.1) is 11.7 Å². The second-order valence-electron chi connectivity index (χ2n) is 9.29. The first-order valence-corrected chi connectivity index (χ1v) is 11.9. The summed E-state index contributed by atoms with van der Waals surface area (Å²) < 4.78 is 25.9. The third-order valence-electron chi connectivity index (χ3n) is 6.56. The molecule has 2 fully saturated rings. The zero-order valence-electron chi connectivity index (χ0n) is 19.6. The van der Waals surface area contributed by atoms with Gasteiger partial charge in [-0.15, -0.1) is 0 Å². The van der Waals surface area contributed by atoms with Gasteiger partial charge < -0.3 is 24.8 Å². The lowest BCUT2D eigenvalue weighted by Crippen LogP contribution is -2.43. The number of nitrogens with zero attached hydrogens (tertiary/aromatic N) is 2. The van der Waals surface area contributed by atoms with Crippen LogP contribution in [0.3, 0.4) is 0 Å². The summed E-state index contributed by atoms with van der Waals surface area (Å²) in [7, 11) is 0. The van der Waals surface area contributed by atoms with E-state index in [1.807, 2.05) is 0 Å². The molecule has 188 valence electrons. The molecule has 2 aliphatic carbocycles. The first-order valence-electron chi connectivity index (χ1n) is 11.9. The molecular formula is C26H26FN3O6. The van der Waals surface area contributed by atoms with Gasteiger partial charge in [0.25, 0.3) is 11.8 Å². The van der Waals surface area contributed by atoms with Crippen LogP contribution in [0.2, 0.25) is 0 Å². The molecule has 0 bridgehead atoms. The van der Waals surface area contributed by atoms with Gasteiger partial charge in [0.2, 0.25) is 5.82 Å². The van der Waals surface area contributed by atoms with E-state index < -0.39 is 36.1 Å². The molecule has 0 aliphatic heterocycles. The number of hydrogen-bond acceptors (Lipinski definition) is 8. The number of ketones is 1. The lowest BCUT2D eigenvalue weighted by molar-refractivity contribution is 0.0296. The summed E-state index contributed by atoms with van der Waals surface area (Å²) in [5.41, 5.74) is 0.774. The minimum absolute atomic E-state index is 0.131. The van der Waals surface area contributed by atoms with Gasteiger partial charge in [-0.25, -0.2) is 4.39 Å². The number of aliphatic hydroxyl groups excluding tert-OH is 2. The Morgan fingerprint density at radius 3 is 2.50 bits per heavy atom. The van der Waals surface area contributed by atoms with Gasteiger partial charge in [-0.1, -0.05) is 11.2 Å². The van der Waals surface area contributed by atoms with Crippen molar-refractivity contribution in [1.82, 2.24) is 15.5 Å². The van der Waals surface area contributed by atoms with Gasteiger partial charge in [0.15, 0.2) is 11.9 Å². The van der Waals surface area contributed by atoms with Gasteiger partial charge in [-0.05, 0) is 69.0 Å². The maximum absolute atomic E-state index is 14.7. The van der Waals surface area contributed by atoms with E-state index in [1.54, 1.807) is 31.2 Å². The first-order chi connectivity index (χ1) is 17.3. The molecule has 3 aromatic rings. The standard InChI is InChI=1S/C26H26FN3O6/c1-13(35-17-7-4-15(5-8-17)22(32)14-2-3-14)26-29-24(30-36-26)16-6-9-18(19(27)12-16)25(34)28-20-10-11-21(31)23(20)33/h4-9,12-14,20-21,23,31,33H,2-3,10-11H2,1H3,(H,28,34). The van der Waals surface area contributed by atoms with Crippen LogP contribution < -0.4 is 10.1 Å². The number of carbonyl (C=O) groups is 2. The van der Waals surface area contributed by atoms with Gasteiger partial charge >= 0.3 is 0 Å². The maximum atomic E-state index is 14.7. The number of aromatic nitrogens is 2. The number of nitrogens with one attached hydrogen (secondary N) is 1. The highest BCUT2D eigenvalue weighted by Gasteiger charge is 2.35. The molecule has 2 aromatic carbocycles. The van der Waals surface area contributed by atoms with Gasteiger partial charge in [0.05, 0.1) is 17.7 Å². The van der Waals surface area contributed by atoms with Crippen LogP contribution in [0.4, 0.5) is 4.39 Å². The molecule has 36 heavy (non-hydrogen) atoms. The van der Waals surface area contributed by atoms with Crippen molar-refractivity contribution >= 4 is 11.7 Å². The van der Waals surface area contributed by atoms with E-state index >= 15 is 0 Å². The average Bonchev–Trinajstić information content (AvgIpc) is 3.52. The molecular weight excluding hydrogens is 469 g/mol. The van der Waals surface area contributed by atoms with Crippen LogP contribution in [0.5, 0.6) is 5.75 Å². The topological polar surface area (TPSA) is 135 Å². The van der Waals surface area contributed by atoms with Crippen molar-refractivity contribution in [3.05, 3.63) is 65.3 Å². The van der Waals surface area contributed by atoms with Crippen molar-refractivity contribution in [2.24, 2.45) is 5.92 Å². The van der Waals surface area contributed by atoms with Crippen molar-refractivity contribution < 1.29 is 33.5 Å². The highest BCUT2D eigenvalue weighted by atomic mass is 19.1. The SMILES string of the molecule is CC(Oc1ccc(C(=O)C2CC2)cc1)c1nc(-c2ccc(C(=O)NC3CCC(O)C3O)c(F)c2)no1. The van der Waals surface area contributed by atoms with Crippen LogP contribution in [0.25, 0.3) is 11.4 Å². The highest BCUT2D eigenvalue weighted by molar-refractivity contribution is 5.99. The molecule has 1 amide bonds. The molecule has 9 nitrogen and oxygen atoms in total. The van der Waals surface area contributed by atoms with E-state index in [-0.39, 0.29) is 29.0 Å². The number of ether oxygens (including phenoxy) is 1. The van der Waals surface area contributed by atoms with Crippen LogP contribution >= 0.6 is 0 Å². The van der Waals surface area contributed by atoms with Gasteiger partial charge in [-0.2, -0.15) is 4.98 Å². The van der Waals surface area contributed by atoms with E-state index in [0.29, 0.717) is 29.7 Å². The lowest BCUT2D eigenvalue weighted by atomic mass is 10.1. The third-order valence-corrected chi connectivity index (χ3v) is 6.56. The minimum Gasteiger partial charge on any atom is -0.481 e. The number of carbonyl (C=O) groups excluding carboxylic acids is 2. The molecule has 1 heterocycles. The van der Waals surface area contributed by atoms with E-state index in [0.717, 1.165) is 18.9 Å². The summed E-state index contributed by atoms with van der Waals surface area (Å²) in [6.45, 7) is 1.73. The molecule has 2 aliphatic rings. The van der Waals surface area contributed by atoms with E-state index in [4.69, 9.17) is 9.26 Å². The van der Waals surface area contributed by atoms with Crippen molar-refractivity contribution in [2.45, 2.75) is 57.0 Å². The number of aliphatic hydroxyl groups is 2. The van der Waals surface area contributed by atoms with Crippen LogP contribution in [-0.4, -0.2) is 50.3 Å². The van der Waals surface area contributed by atoms with Crippen molar-refractivity contribution in [1.29, 1.82) is 0 Å². The van der Waals surface area contributed by atoms with Crippen molar-refractivity contribution in [3.63, 3.8) is 0 Å². The number of hydrogen-bond donors (Lipinski definition) is 3. The molecule has 0 saturated heterocycles. The fourth-order valence-electron chi connectivity index (χ4n) is 4.25. The van der Waals surface area contributed by atoms with Crippen LogP contribution in [0.15, 0.2) is 47.0 Å². The molecule has 0 radical (unpaired) electrons. The Labute approximate surface area is 206 Å². The van der Waals surface area contributed by atoms with Crippen molar-refractivity contribution in [3.8, 4) is 17.1 Å². The van der Waals surface area contributed by atoms with E-state index in [9.17, 15) is 24.2 Å². The van der Waals surface area contributed by atoms with E-state index in [2.05, 4.69) is 15.5 Å². The quantitative estimate of drug-likeness (QED) is 0.406. The number of amides is 1. The Kier molecular flexibility index (Phi) is 6.55. The summed E-state index contributed by atoms with van der Waals surface area (Å²) in [5, 5.41) is 26.0. The Morgan fingerprint density at radius 2 is 1.86 bits per heavy atom. The third kappa shape index (κ3) is 5.00. The molecule has 4 unspecified atom stereocenters. The molecule has 1 aromatic heterocycles. The van der Waals surface area contributed by atoms with Crippen LogP contribution in [-0.2, 0) is 0 Å². The first kappa shape index (κ1) is 24.1.